The summed E-state index contributed by atoms with van der Waals surface area (Å²) in [6, 6.07) is 14.4. The first-order valence-corrected chi connectivity index (χ1v) is 6.34. The first kappa shape index (κ1) is 13.7. The van der Waals surface area contributed by atoms with Crippen LogP contribution in [-0.2, 0) is 11.3 Å². The molecule has 2 rings (SSSR count). The van der Waals surface area contributed by atoms with E-state index in [0.717, 1.165) is 5.56 Å². The molecule has 0 spiro atoms. The molecule has 0 heterocycles. The Labute approximate surface area is 121 Å². The van der Waals surface area contributed by atoms with E-state index >= 15 is 0 Å². The molecule has 0 bridgehead atoms. The molecule has 0 radical (unpaired) electrons. The number of hydrogen-bond donors (Lipinski definition) is 1. The Morgan fingerprint density at radius 2 is 1.63 bits per heavy atom. The highest BCUT2D eigenvalue weighted by Crippen LogP contribution is 2.29. The van der Waals surface area contributed by atoms with Gasteiger partial charge in [0.2, 0.25) is 0 Å². The highest BCUT2D eigenvalue weighted by molar-refractivity contribution is 6.39. The zero-order chi connectivity index (χ0) is 13.7. The van der Waals surface area contributed by atoms with Gasteiger partial charge in [-0.25, -0.2) is 4.79 Å². The van der Waals surface area contributed by atoms with Gasteiger partial charge in [0.15, 0.2) is 0 Å². The van der Waals surface area contributed by atoms with Crippen LogP contribution in [0, 0.1) is 0 Å². The number of nitrogens with one attached hydrogen (secondary N) is 1. The number of ether oxygens (including phenoxy) is 1. The van der Waals surface area contributed by atoms with Gasteiger partial charge in [-0.1, -0.05) is 59.6 Å². The molecular formula is C14H11Cl2NO2. The van der Waals surface area contributed by atoms with Crippen LogP contribution in [0.3, 0.4) is 0 Å². The molecule has 2 aromatic carbocycles. The number of benzene rings is 2. The summed E-state index contributed by atoms with van der Waals surface area (Å²) in [5.74, 6) is 0. The van der Waals surface area contributed by atoms with E-state index in [1.54, 1.807) is 18.2 Å². The molecule has 1 amide bonds. The van der Waals surface area contributed by atoms with Crippen LogP contribution in [-0.4, -0.2) is 6.09 Å². The van der Waals surface area contributed by atoms with Crippen molar-refractivity contribution in [1.29, 1.82) is 0 Å². The second-order valence-electron chi connectivity index (χ2n) is 3.78. The Hall–Kier alpha value is -1.71. The van der Waals surface area contributed by atoms with Crippen molar-refractivity contribution in [3.8, 4) is 0 Å². The molecule has 0 aromatic heterocycles. The number of hydrogen-bond acceptors (Lipinski definition) is 2. The number of anilines is 1. The Balaban J connectivity index is 1.95. The van der Waals surface area contributed by atoms with E-state index in [4.69, 9.17) is 27.9 Å². The fraction of sp³-hybridized carbons (Fsp3) is 0.0714. The van der Waals surface area contributed by atoms with Gasteiger partial charge in [-0.15, -0.1) is 0 Å². The van der Waals surface area contributed by atoms with E-state index in [0.29, 0.717) is 15.7 Å². The molecule has 5 heteroatoms. The van der Waals surface area contributed by atoms with Crippen molar-refractivity contribution < 1.29 is 9.53 Å². The van der Waals surface area contributed by atoms with Crippen LogP contribution in [0.4, 0.5) is 10.5 Å². The maximum atomic E-state index is 11.6. The molecule has 0 aliphatic rings. The lowest BCUT2D eigenvalue weighted by atomic mass is 10.2. The first-order valence-electron chi connectivity index (χ1n) is 5.58. The van der Waals surface area contributed by atoms with Gasteiger partial charge in [-0.3, -0.25) is 5.32 Å². The second kappa shape index (κ2) is 6.45. The molecule has 0 aliphatic carbocycles. The van der Waals surface area contributed by atoms with Crippen LogP contribution in [0.2, 0.25) is 10.0 Å². The summed E-state index contributed by atoms with van der Waals surface area (Å²) in [6.45, 7) is 0.189. The molecule has 98 valence electrons. The zero-order valence-corrected chi connectivity index (χ0v) is 11.4. The minimum absolute atomic E-state index is 0.189. The monoisotopic (exact) mass is 295 g/mol. The molecule has 0 unspecified atom stereocenters. The van der Waals surface area contributed by atoms with E-state index < -0.39 is 6.09 Å². The highest BCUT2D eigenvalue weighted by atomic mass is 35.5. The summed E-state index contributed by atoms with van der Waals surface area (Å²) in [6.07, 6.45) is -0.598. The number of carbonyl (C=O) groups is 1. The summed E-state index contributed by atoms with van der Waals surface area (Å²) in [4.78, 5) is 11.6. The smallest absolute Gasteiger partial charge is 0.412 e. The minimum atomic E-state index is -0.598. The number of carbonyl (C=O) groups excluding carboxylic acids is 1. The number of para-hydroxylation sites is 1. The van der Waals surface area contributed by atoms with Gasteiger partial charge in [0, 0.05) is 0 Å². The van der Waals surface area contributed by atoms with E-state index in [-0.39, 0.29) is 6.61 Å². The molecule has 1 N–H and O–H groups in total. The van der Waals surface area contributed by atoms with Crippen molar-refractivity contribution in [3.05, 3.63) is 64.1 Å². The summed E-state index contributed by atoms with van der Waals surface area (Å²) >= 11 is 11.9. The summed E-state index contributed by atoms with van der Waals surface area (Å²) < 4.78 is 5.07. The number of amides is 1. The van der Waals surface area contributed by atoms with Gasteiger partial charge in [0.25, 0.3) is 0 Å². The Kier molecular flexibility index (Phi) is 4.66. The SMILES string of the molecule is O=C(Nc1c(Cl)cccc1Cl)OCc1ccccc1. The number of rotatable bonds is 3. The van der Waals surface area contributed by atoms with Crippen LogP contribution < -0.4 is 5.32 Å². The van der Waals surface area contributed by atoms with Gasteiger partial charge in [0.05, 0.1) is 15.7 Å². The van der Waals surface area contributed by atoms with Crippen LogP contribution in [0.5, 0.6) is 0 Å². The zero-order valence-electron chi connectivity index (χ0n) is 9.90. The second-order valence-corrected chi connectivity index (χ2v) is 4.60. The highest BCUT2D eigenvalue weighted by Gasteiger charge is 2.10. The predicted molar refractivity (Wildman–Crippen MR) is 76.7 cm³/mol. The number of halogens is 2. The fourth-order valence-electron chi connectivity index (χ4n) is 1.48. The van der Waals surface area contributed by atoms with Crippen molar-refractivity contribution in [2.45, 2.75) is 6.61 Å². The predicted octanol–water partition coefficient (Wildman–Crippen LogP) is 4.74. The molecule has 0 saturated heterocycles. The molecule has 0 aliphatic heterocycles. The summed E-state index contributed by atoms with van der Waals surface area (Å²) in [7, 11) is 0. The molecular weight excluding hydrogens is 285 g/mol. The standard InChI is InChI=1S/C14H11Cl2NO2/c15-11-7-4-8-12(16)13(11)17-14(18)19-9-10-5-2-1-3-6-10/h1-8H,9H2,(H,17,18). The maximum Gasteiger partial charge on any atom is 0.412 e. The normalized spacial score (nSPS) is 10.0. The third-order valence-corrected chi connectivity index (χ3v) is 3.03. The van der Waals surface area contributed by atoms with E-state index in [9.17, 15) is 4.79 Å². The molecule has 0 fully saturated rings. The third-order valence-electron chi connectivity index (χ3n) is 2.40. The average molecular weight is 296 g/mol. The Morgan fingerprint density at radius 1 is 1.00 bits per heavy atom. The van der Waals surface area contributed by atoms with Crippen molar-refractivity contribution in [2.75, 3.05) is 5.32 Å². The summed E-state index contributed by atoms with van der Waals surface area (Å²) in [5.41, 5.74) is 1.26. The quantitative estimate of drug-likeness (QED) is 0.888. The lowest BCUT2D eigenvalue weighted by Crippen LogP contribution is -2.14. The van der Waals surface area contributed by atoms with Crippen LogP contribution in [0.1, 0.15) is 5.56 Å². The lowest BCUT2D eigenvalue weighted by molar-refractivity contribution is 0.155. The van der Waals surface area contributed by atoms with Crippen LogP contribution in [0.25, 0.3) is 0 Å². The van der Waals surface area contributed by atoms with Crippen molar-refractivity contribution >= 4 is 35.0 Å². The van der Waals surface area contributed by atoms with Gasteiger partial charge < -0.3 is 4.74 Å². The fourth-order valence-corrected chi connectivity index (χ4v) is 1.97. The van der Waals surface area contributed by atoms with Gasteiger partial charge >= 0.3 is 6.09 Å². The summed E-state index contributed by atoms with van der Waals surface area (Å²) in [5, 5.41) is 3.25. The van der Waals surface area contributed by atoms with Crippen molar-refractivity contribution in [3.63, 3.8) is 0 Å². The van der Waals surface area contributed by atoms with Gasteiger partial charge in [0.1, 0.15) is 6.61 Å². The molecule has 0 saturated carbocycles. The molecule has 0 atom stereocenters. The third kappa shape index (κ3) is 3.88. The maximum absolute atomic E-state index is 11.6. The lowest BCUT2D eigenvalue weighted by Gasteiger charge is -2.09. The minimum Gasteiger partial charge on any atom is -0.444 e. The molecule has 19 heavy (non-hydrogen) atoms. The molecule has 3 nitrogen and oxygen atoms in total. The average Bonchev–Trinajstić information content (AvgIpc) is 2.42. The van der Waals surface area contributed by atoms with Crippen LogP contribution in [0.15, 0.2) is 48.5 Å². The van der Waals surface area contributed by atoms with Gasteiger partial charge in [-0.05, 0) is 17.7 Å². The first-order chi connectivity index (χ1) is 9.16. The van der Waals surface area contributed by atoms with Crippen LogP contribution >= 0.6 is 23.2 Å². The topological polar surface area (TPSA) is 38.3 Å². The van der Waals surface area contributed by atoms with E-state index in [1.165, 1.54) is 0 Å². The molecule has 2 aromatic rings. The Bertz CT molecular complexity index is 553. The Morgan fingerprint density at radius 3 is 2.26 bits per heavy atom. The van der Waals surface area contributed by atoms with Gasteiger partial charge in [-0.2, -0.15) is 0 Å². The van der Waals surface area contributed by atoms with E-state index in [1.807, 2.05) is 30.3 Å². The van der Waals surface area contributed by atoms with E-state index in [2.05, 4.69) is 5.32 Å². The van der Waals surface area contributed by atoms with Crippen molar-refractivity contribution in [1.82, 2.24) is 0 Å². The largest absolute Gasteiger partial charge is 0.444 e. The van der Waals surface area contributed by atoms with Crippen molar-refractivity contribution in [2.24, 2.45) is 0 Å².